The predicted octanol–water partition coefficient (Wildman–Crippen LogP) is 2.05. The minimum atomic E-state index is -0.526. The third-order valence-electron chi connectivity index (χ3n) is 1.81. The molecule has 0 saturated carbocycles. The van der Waals surface area contributed by atoms with E-state index in [2.05, 4.69) is 4.98 Å². The third-order valence-corrected chi connectivity index (χ3v) is 1.81. The van der Waals surface area contributed by atoms with Gasteiger partial charge in [-0.2, -0.15) is 4.98 Å². The Morgan fingerprint density at radius 3 is 2.72 bits per heavy atom. The van der Waals surface area contributed by atoms with Gasteiger partial charge in [-0.25, -0.2) is 4.79 Å². The van der Waals surface area contributed by atoms with Crippen LogP contribution in [0.5, 0.6) is 6.08 Å². The monoisotopic (exact) mass is 257 g/mol. The van der Waals surface area contributed by atoms with Crippen molar-refractivity contribution < 1.29 is 23.4 Å². The Labute approximate surface area is 106 Å². The fraction of sp³-hybridized carbons (Fsp3) is 0.667. The predicted molar refractivity (Wildman–Crippen MR) is 63.7 cm³/mol. The molecular formula is C12H19NO5. The Bertz CT molecular complexity index is 380. The Morgan fingerprint density at radius 1 is 1.39 bits per heavy atom. The van der Waals surface area contributed by atoms with Crippen LogP contribution in [0.15, 0.2) is 10.7 Å². The van der Waals surface area contributed by atoms with Crippen LogP contribution in [-0.4, -0.2) is 36.4 Å². The van der Waals surface area contributed by atoms with Gasteiger partial charge in [0, 0.05) is 0 Å². The quantitative estimate of drug-likeness (QED) is 0.573. The Morgan fingerprint density at radius 2 is 2.11 bits per heavy atom. The second-order valence-electron chi connectivity index (χ2n) is 4.53. The van der Waals surface area contributed by atoms with Crippen LogP contribution in [0.2, 0.25) is 0 Å². The maximum absolute atomic E-state index is 11.3. The number of esters is 1. The molecule has 0 radical (unpaired) electrons. The lowest BCUT2D eigenvalue weighted by Crippen LogP contribution is -2.22. The highest BCUT2D eigenvalue weighted by Gasteiger charge is 2.14. The molecule has 0 aliphatic rings. The van der Waals surface area contributed by atoms with Crippen LogP contribution in [0.3, 0.4) is 0 Å². The number of carbonyl (C=O) groups is 1. The first-order valence-corrected chi connectivity index (χ1v) is 5.82. The zero-order valence-corrected chi connectivity index (χ0v) is 11.2. The summed E-state index contributed by atoms with van der Waals surface area (Å²) in [6.45, 7) is 8.60. The normalized spacial score (nSPS) is 11.3. The summed E-state index contributed by atoms with van der Waals surface area (Å²) in [6, 6.07) is 0. The number of hydrogen-bond acceptors (Lipinski definition) is 6. The summed E-state index contributed by atoms with van der Waals surface area (Å²) in [7, 11) is 0. The van der Waals surface area contributed by atoms with E-state index in [1.807, 2.05) is 20.8 Å². The van der Waals surface area contributed by atoms with Crippen LogP contribution in [-0.2, 0) is 9.47 Å². The molecule has 6 nitrogen and oxygen atoms in total. The van der Waals surface area contributed by atoms with Gasteiger partial charge in [-0.1, -0.05) is 0 Å². The first kappa shape index (κ1) is 14.5. The zero-order chi connectivity index (χ0) is 13.6. The molecule has 0 aliphatic carbocycles. The molecule has 0 bridgehead atoms. The van der Waals surface area contributed by atoms with Crippen LogP contribution in [0.25, 0.3) is 0 Å². The highest BCUT2D eigenvalue weighted by Crippen LogP contribution is 2.11. The van der Waals surface area contributed by atoms with Gasteiger partial charge in [0.05, 0.1) is 18.8 Å². The van der Waals surface area contributed by atoms with E-state index in [1.54, 1.807) is 6.92 Å². The first-order valence-electron chi connectivity index (χ1n) is 5.82. The summed E-state index contributed by atoms with van der Waals surface area (Å²) >= 11 is 0. The molecular weight excluding hydrogens is 238 g/mol. The van der Waals surface area contributed by atoms with E-state index >= 15 is 0 Å². The van der Waals surface area contributed by atoms with Crippen molar-refractivity contribution in [1.82, 2.24) is 4.98 Å². The average molecular weight is 257 g/mol. The van der Waals surface area contributed by atoms with E-state index in [0.29, 0.717) is 19.8 Å². The SMILES string of the molecule is CCOC(=O)c1coc(OCCOC(C)(C)C)n1. The number of hydrogen-bond donors (Lipinski definition) is 0. The van der Waals surface area contributed by atoms with E-state index in [9.17, 15) is 4.79 Å². The molecule has 0 unspecified atom stereocenters. The largest absolute Gasteiger partial charge is 0.461 e. The third kappa shape index (κ3) is 5.18. The molecule has 1 aromatic heterocycles. The van der Waals surface area contributed by atoms with Crippen molar-refractivity contribution in [2.75, 3.05) is 19.8 Å². The molecule has 18 heavy (non-hydrogen) atoms. The molecule has 0 aliphatic heterocycles. The van der Waals surface area contributed by atoms with Gasteiger partial charge in [0.2, 0.25) is 0 Å². The van der Waals surface area contributed by atoms with Crippen molar-refractivity contribution in [2.24, 2.45) is 0 Å². The number of nitrogens with zero attached hydrogens (tertiary/aromatic N) is 1. The molecule has 0 spiro atoms. The highest BCUT2D eigenvalue weighted by molar-refractivity contribution is 5.86. The topological polar surface area (TPSA) is 70.8 Å². The molecule has 6 heteroatoms. The first-order chi connectivity index (χ1) is 8.42. The lowest BCUT2D eigenvalue weighted by atomic mass is 10.2. The number of ether oxygens (including phenoxy) is 3. The van der Waals surface area contributed by atoms with E-state index in [4.69, 9.17) is 18.6 Å². The van der Waals surface area contributed by atoms with Crippen LogP contribution in [0.1, 0.15) is 38.2 Å². The minimum absolute atomic E-state index is 0.0376. The molecule has 1 rings (SSSR count). The lowest BCUT2D eigenvalue weighted by Gasteiger charge is -2.18. The van der Waals surface area contributed by atoms with Gasteiger partial charge in [0.25, 0.3) is 0 Å². The number of oxazole rings is 1. The van der Waals surface area contributed by atoms with Gasteiger partial charge in [0.15, 0.2) is 5.69 Å². The van der Waals surface area contributed by atoms with Crippen LogP contribution in [0, 0.1) is 0 Å². The van der Waals surface area contributed by atoms with E-state index in [1.165, 1.54) is 6.26 Å². The summed E-state index contributed by atoms with van der Waals surface area (Å²) < 4.78 is 20.4. The van der Waals surface area contributed by atoms with Crippen molar-refractivity contribution in [3.63, 3.8) is 0 Å². The molecule has 102 valence electrons. The Kier molecular flexibility index (Phi) is 5.15. The number of carbonyl (C=O) groups excluding carboxylic acids is 1. The van der Waals surface area contributed by atoms with Gasteiger partial charge < -0.3 is 18.6 Å². The number of aromatic nitrogens is 1. The smallest absolute Gasteiger partial charge is 0.394 e. The molecule has 0 saturated heterocycles. The molecule has 0 aromatic carbocycles. The molecule has 1 heterocycles. The molecule has 0 atom stereocenters. The fourth-order valence-corrected chi connectivity index (χ4v) is 1.10. The average Bonchev–Trinajstić information content (AvgIpc) is 2.72. The van der Waals surface area contributed by atoms with Crippen molar-refractivity contribution in [2.45, 2.75) is 33.3 Å². The van der Waals surface area contributed by atoms with Gasteiger partial charge in [-0.05, 0) is 27.7 Å². The van der Waals surface area contributed by atoms with E-state index in [-0.39, 0.29) is 17.4 Å². The van der Waals surface area contributed by atoms with Crippen molar-refractivity contribution in [3.05, 3.63) is 12.0 Å². The fourth-order valence-electron chi connectivity index (χ4n) is 1.10. The lowest BCUT2D eigenvalue weighted by molar-refractivity contribution is -0.0196. The summed E-state index contributed by atoms with van der Waals surface area (Å²) in [6.07, 6.45) is 1.24. The minimum Gasteiger partial charge on any atom is -0.461 e. The van der Waals surface area contributed by atoms with Crippen molar-refractivity contribution in [1.29, 1.82) is 0 Å². The van der Waals surface area contributed by atoms with Gasteiger partial charge in [0.1, 0.15) is 12.9 Å². The highest BCUT2D eigenvalue weighted by atomic mass is 16.6. The zero-order valence-electron chi connectivity index (χ0n) is 11.2. The van der Waals surface area contributed by atoms with Gasteiger partial charge in [-0.15, -0.1) is 0 Å². The Hall–Kier alpha value is -1.56. The number of rotatable bonds is 6. The standard InChI is InChI=1S/C12H19NO5/c1-5-15-10(14)9-8-17-11(13-9)16-6-7-18-12(2,3)4/h8H,5-7H2,1-4H3. The summed E-state index contributed by atoms with van der Waals surface area (Å²) in [4.78, 5) is 15.1. The molecule has 0 amide bonds. The summed E-state index contributed by atoms with van der Waals surface area (Å²) in [5.74, 6) is -0.526. The molecule has 0 N–H and O–H groups in total. The van der Waals surface area contributed by atoms with Crippen molar-refractivity contribution >= 4 is 5.97 Å². The van der Waals surface area contributed by atoms with E-state index < -0.39 is 5.97 Å². The van der Waals surface area contributed by atoms with Gasteiger partial charge >= 0.3 is 12.0 Å². The maximum atomic E-state index is 11.3. The summed E-state index contributed by atoms with van der Waals surface area (Å²) in [5.41, 5.74) is -0.112. The summed E-state index contributed by atoms with van der Waals surface area (Å²) in [5, 5.41) is 0. The second kappa shape index (κ2) is 6.39. The Balaban J connectivity index is 2.33. The maximum Gasteiger partial charge on any atom is 0.394 e. The van der Waals surface area contributed by atoms with Crippen LogP contribution < -0.4 is 4.74 Å². The van der Waals surface area contributed by atoms with E-state index in [0.717, 1.165) is 0 Å². The van der Waals surface area contributed by atoms with Crippen LogP contribution in [0.4, 0.5) is 0 Å². The van der Waals surface area contributed by atoms with Crippen LogP contribution >= 0.6 is 0 Å². The van der Waals surface area contributed by atoms with Crippen molar-refractivity contribution in [3.8, 4) is 6.08 Å². The second-order valence-corrected chi connectivity index (χ2v) is 4.53. The molecule has 1 aromatic rings. The molecule has 0 fully saturated rings. The van der Waals surface area contributed by atoms with Gasteiger partial charge in [-0.3, -0.25) is 0 Å².